The van der Waals surface area contributed by atoms with Gasteiger partial charge in [0.15, 0.2) is 5.65 Å². The molecular weight excluding hydrogens is 316 g/mol. The minimum Gasteiger partial charge on any atom is -0.465 e. The maximum Gasteiger partial charge on any atom is 0.350 e. The second-order valence-corrected chi connectivity index (χ2v) is 5.94. The van der Waals surface area contributed by atoms with Gasteiger partial charge < -0.3 is 9.73 Å². The largest absolute Gasteiger partial charge is 0.465 e. The lowest BCUT2D eigenvalue weighted by molar-refractivity contribution is 0.490. The molecule has 3 aromatic heterocycles. The molecule has 0 saturated carbocycles. The van der Waals surface area contributed by atoms with Gasteiger partial charge in [0.25, 0.3) is 0 Å². The van der Waals surface area contributed by atoms with Crippen LogP contribution in [0.3, 0.4) is 0 Å². The number of aryl methyl sites for hydroxylation is 1. The summed E-state index contributed by atoms with van der Waals surface area (Å²) in [4.78, 5) is 12.4. The molecule has 25 heavy (non-hydrogen) atoms. The van der Waals surface area contributed by atoms with Crippen molar-refractivity contribution in [3.05, 3.63) is 88.4 Å². The van der Waals surface area contributed by atoms with Gasteiger partial charge in [-0.3, -0.25) is 4.40 Å². The van der Waals surface area contributed by atoms with Gasteiger partial charge in [0.2, 0.25) is 0 Å². The molecule has 0 fully saturated rings. The molecule has 0 atom stereocenters. The Morgan fingerprint density at radius 1 is 1.12 bits per heavy atom. The third-order valence-corrected chi connectivity index (χ3v) is 4.01. The van der Waals surface area contributed by atoms with Gasteiger partial charge in [0, 0.05) is 11.9 Å². The number of fused-ring (bicyclic) bond motifs is 1. The van der Waals surface area contributed by atoms with Crippen LogP contribution in [-0.2, 0) is 13.1 Å². The molecule has 0 aliphatic carbocycles. The first-order valence-corrected chi connectivity index (χ1v) is 8.11. The number of furan rings is 1. The molecule has 0 aliphatic heterocycles. The van der Waals surface area contributed by atoms with Crippen molar-refractivity contribution in [2.75, 3.05) is 5.32 Å². The summed E-state index contributed by atoms with van der Waals surface area (Å²) >= 11 is 0. The van der Waals surface area contributed by atoms with Crippen molar-refractivity contribution in [1.82, 2.24) is 14.2 Å². The van der Waals surface area contributed by atoms with Crippen molar-refractivity contribution in [3.63, 3.8) is 0 Å². The molecule has 0 radical (unpaired) electrons. The molecule has 0 bridgehead atoms. The standard InChI is InChI=1S/C19H18N4O2/c1-14-8-9-17(25-14)12-20-16-6-4-5-15(11-16)13-23-19(24)22-10-3-2-7-18(22)21-23/h2-11,20H,12-13H2,1H3. The maximum absolute atomic E-state index is 12.4. The molecule has 4 aromatic rings. The van der Waals surface area contributed by atoms with Gasteiger partial charge in [0.05, 0.1) is 13.1 Å². The number of aromatic nitrogens is 3. The van der Waals surface area contributed by atoms with Crippen LogP contribution in [-0.4, -0.2) is 14.2 Å². The van der Waals surface area contributed by atoms with Gasteiger partial charge in [-0.15, -0.1) is 5.10 Å². The minimum absolute atomic E-state index is 0.139. The van der Waals surface area contributed by atoms with E-state index in [2.05, 4.69) is 10.4 Å². The number of benzene rings is 1. The fourth-order valence-corrected chi connectivity index (χ4v) is 2.79. The summed E-state index contributed by atoms with van der Waals surface area (Å²) in [5.74, 6) is 1.79. The van der Waals surface area contributed by atoms with Crippen LogP contribution in [0, 0.1) is 6.92 Å². The van der Waals surface area contributed by atoms with Gasteiger partial charge in [-0.05, 0) is 48.9 Å². The minimum atomic E-state index is -0.139. The summed E-state index contributed by atoms with van der Waals surface area (Å²) in [6, 6.07) is 17.4. The smallest absolute Gasteiger partial charge is 0.350 e. The molecule has 0 saturated heterocycles. The summed E-state index contributed by atoms with van der Waals surface area (Å²) in [6.07, 6.45) is 1.73. The highest BCUT2D eigenvalue weighted by Gasteiger charge is 2.07. The maximum atomic E-state index is 12.4. The van der Waals surface area contributed by atoms with Crippen molar-refractivity contribution in [3.8, 4) is 0 Å². The van der Waals surface area contributed by atoms with E-state index in [1.165, 1.54) is 4.68 Å². The van der Waals surface area contributed by atoms with E-state index in [0.29, 0.717) is 18.7 Å². The fourth-order valence-electron chi connectivity index (χ4n) is 2.79. The van der Waals surface area contributed by atoms with E-state index in [1.54, 1.807) is 10.6 Å². The first-order valence-electron chi connectivity index (χ1n) is 8.11. The van der Waals surface area contributed by atoms with Gasteiger partial charge in [0.1, 0.15) is 11.5 Å². The van der Waals surface area contributed by atoms with Crippen LogP contribution < -0.4 is 11.0 Å². The molecule has 0 aliphatic rings. The van der Waals surface area contributed by atoms with E-state index in [-0.39, 0.29) is 5.69 Å². The predicted octanol–water partition coefficient (Wildman–Crippen LogP) is 3.06. The van der Waals surface area contributed by atoms with Gasteiger partial charge >= 0.3 is 5.69 Å². The molecule has 0 unspecified atom stereocenters. The Labute approximate surface area is 144 Å². The zero-order chi connectivity index (χ0) is 17.2. The average molecular weight is 334 g/mol. The van der Waals surface area contributed by atoms with Crippen LogP contribution in [0.4, 0.5) is 5.69 Å². The molecule has 1 N–H and O–H groups in total. The quantitative estimate of drug-likeness (QED) is 0.609. The highest BCUT2D eigenvalue weighted by Crippen LogP contribution is 2.14. The zero-order valence-corrected chi connectivity index (χ0v) is 13.8. The highest BCUT2D eigenvalue weighted by molar-refractivity contribution is 5.46. The molecule has 0 amide bonds. The van der Waals surface area contributed by atoms with Crippen LogP contribution in [0.15, 0.2) is 70.0 Å². The Balaban J connectivity index is 1.52. The van der Waals surface area contributed by atoms with Crippen molar-refractivity contribution >= 4 is 11.3 Å². The summed E-state index contributed by atoms with van der Waals surface area (Å²) in [5, 5.41) is 7.70. The van der Waals surface area contributed by atoms with Crippen LogP contribution in [0.2, 0.25) is 0 Å². The third kappa shape index (κ3) is 3.19. The summed E-state index contributed by atoms with van der Waals surface area (Å²) in [6.45, 7) is 2.97. The van der Waals surface area contributed by atoms with Crippen LogP contribution >= 0.6 is 0 Å². The van der Waals surface area contributed by atoms with Crippen molar-refractivity contribution in [2.24, 2.45) is 0 Å². The molecule has 1 aromatic carbocycles. The van der Waals surface area contributed by atoms with Crippen molar-refractivity contribution in [1.29, 1.82) is 0 Å². The number of nitrogens with one attached hydrogen (secondary N) is 1. The van der Waals surface area contributed by atoms with Gasteiger partial charge in [-0.2, -0.15) is 0 Å². The van der Waals surface area contributed by atoms with E-state index >= 15 is 0 Å². The third-order valence-electron chi connectivity index (χ3n) is 4.01. The number of hydrogen-bond donors (Lipinski definition) is 1. The molecule has 0 spiro atoms. The number of anilines is 1. The summed E-state index contributed by atoms with van der Waals surface area (Å²) < 4.78 is 8.58. The first kappa shape index (κ1) is 15.3. The Bertz CT molecular complexity index is 1070. The Hall–Kier alpha value is -3.28. The SMILES string of the molecule is Cc1ccc(CNc2cccc(Cn3nc4ccccn4c3=O)c2)o1. The van der Waals surface area contributed by atoms with Crippen LogP contribution in [0.25, 0.3) is 5.65 Å². The Morgan fingerprint density at radius 2 is 2.04 bits per heavy atom. The average Bonchev–Trinajstić information content (AvgIpc) is 3.18. The second kappa shape index (κ2) is 6.32. The molecule has 3 heterocycles. The van der Waals surface area contributed by atoms with E-state index < -0.39 is 0 Å². The van der Waals surface area contributed by atoms with Crippen LogP contribution in [0.5, 0.6) is 0 Å². The zero-order valence-electron chi connectivity index (χ0n) is 13.8. The second-order valence-electron chi connectivity index (χ2n) is 5.94. The van der Waals surface area contributed by atoms with Gasteiger partial charge in [-0.25, -0.2) is 9.48 Å². The topological polar surface area (TPSA) is 64.5 Å². The lowest BCUT2D eigenvalue weighted by atomic mass is 10.2. The number of nitrogens with zero attached hydrogens (tertiary/aromatic N) is 3. The van der Waals surface area contributed by atoms with E-state index in [4.69, 9.17) is 4.42 Å². The lowest BCUT2D eigenvalue weighted by Gasteiger charge is -2.07. The first-order chi connectivity index (χ1) is 12.2. The lowest BCUT2D eigenvalue weighted by Crippen LogP contribution is -2.21. The Morgan fingerprint density at radius 3 is 2.84 bits per heavy atom. The van der Waals surface area contributed by atoms with Crippen molar-refractivity contribution < 1.29 is 4.42 Å². The highest BCUT2D eigenvalue weighted by atomic mass is 16.3. The Kier molecular flexibility index (Phi) is 3.85. The van der Waals surface area contributed by atoms with Gasteiger partial charge in [-0.1, -0.05) is 18.2 Å². The van der Waals surface area contributed by atoms with Crippen LogP contribution in [0.1, 0.15) is 17.1 Å². The molecule has 6 heteroatoms. The van der Waals surface area contributed by atoms with Crippen molar-refractivity contribution in [2.45, 2.75) is 20.0 Å². The number of hydrogen-bond acceptors (Lipinski definition) is 4. The fraction of sp³-hybridized carbons (Fsp3) is 0.158. The normalized spacial score (nSPS) is 11.1. The molecular formula is C19H18N4O2. The molecule has 4 rings (SSSR count). The molecule has 126 valence electrons. The van der Waals surface area contributed by atoms with E-state index in [9.17, 15) is 4.79 Å². The summed E-state index contributed by atoms with van der Waals surface area (Å²) in [7, 11) is 0. The number of pyridine rings is 1. The van der Waals surface area contributed by atoms with E-state index in [0.717, 1.165) is 22.8 Å². The van der Waals surface area contributed by atoms with E-state index in [1.807, 2.05) is 61.5 Å². The molecule has 6 nitrogen and oxygen atoms in total. The number of rotatable bonds is 5. The predicted molar refractivity (Wildman–Crippen MR) is 95.8 cm³/mol. The summed E-state index contributed by atoms with van der Waals surface area (Å²) in [5.41, 5.74) is 2.49. The monoisotopic (exact) mass is 334 g/mol.